The van der Waals surface area contributed by atoms with Crippen LogP contribution >= 0.6 is 0 Å². The quantitative estimate of drug-likeness (QED) is 0.553. The second-order valence-electron chi connectivity index (χ2n) is 3.91. The van der Waals surface area contributed by atoms with Crippen LogP contribution in [0.1, 0.15) is 29.2 Å². The summed E-state index contributed by atoms with van der Waals surface area (Å²) in [4.78, 5) is 0. The first-order chi connectivity index (χ1) is 7.04. The molecule has 0 saturated carbocycles. The smallest absolute Gasteiger partial charge is 0.0284 e. The second-order valence-corrected chi connectivity index (χ2v) is 3.91. The number of hydrogen-bond acceptors (Lipinski definition) is 1. The maximum absolute atomic E-state index is 7.06. The summed E-state index contributed by atoms with van der Waals surface area (Å²) in [5.41, 5.74) is 8.97. The molecule has 0 unspecified atom stereocenters. The molecule has 0 aliphatic rings. The first-order valence-electron chi connectivity index (χ1n) is 5.06. The number of benzene rings is 1. The van der Waals surface area contributed by atoms with E-state index in [0.717, 1.165) is 5.57 Å². The van der Waals surface area contributed by atoms with Crippen molar-refractivity contribution >= 4 is 12.3 Å². The number of nitrogens with one attached hydrogen (secondary N) is 1. The second kappa shape index (κ2) is 4.77. The van der Waals surface area contributed by atoms with Gasteiger partial charge < -0.3 is 5.41 Å². The Morgan fingerprint density at radius 1 is 1.13 bits per heavy atom. The van der Waals surface area contributed by atoms with Crippen LogP contribution in [0.4, 0.5) is 0 Å². The third-order valence-electron chi connectivity index (χ3n) is 2.55. The molecule has 15 heavy (non-hydrogen) atoms. The van der Waals surface area contributed by atoms with Crippen LogP contribution < -0.4 is 0 Å². The van der Waals surface area contributed by atoms with Gasteiger partial charge in [0.2, 0.25) is 0 Å². The van der Waals surface area contributed by atoms with Gasteiger partial charge in [-0.15, -0.1) is 5.73 Å². The van der Waals surface area contributed by atoms with E-state index in [2.05, 4.69) is 38.6 Å². The summed E-state index contributed by atoms with van der Waals surface area (Å²) < 4.78 is 0. The van der Waals surface area contributed by atoms with Crippen LogP contribution in [0.2, 0.25) is 0 Å². The minimum atomic E-state index is 0.840. The topological polar surface area (TPSA) is 23.9 Å². The van der Waals surface area contributed by atoms with E-state index in [1.807, 2.05) is 13.0 Å². The van der Waals surface area contributed by atoms with Crippen molar-refractivity contribution < 1.29 is 0 Å². The summed E-state index contributed by atoms with van der Waals surface area (Å²) in [6, 6.07) is 4.34. The molecule has 1 aromatic carbocycles. The van der Waals surface area contributed by atoms with Gasteiger partial charge in [0.25, 0.3) is 0 Å². The lowest BCUT2D eigenvalue weighted by Crippen LogP contribution is -1.86. The van der Waals surface area contributed by atoms with E-state index in [9.17, 15) is 0 Å². The van der Waals surface area contributed by atoms with E-state index < -0.39 is 0 Å². The minimum absolute atomic E-state index is 0.840. The number of allylic oxidation sites excluding steroid dienone is 1. The zero-order valence-corrected chi connectivity index (χ0v) is 9.81. The fourth-order valence-corrected chi connectivity index (χ4v) is 1.37. The van der Waals surface area contributed by atoms with Gasteiger partial charge in [0.1, 0.15) is 0 Å². The molecule has 1 N–H and O–H groups in total. The molecule has 0 bridgehead atoms. The molecular weight excluding hydrogens is 182 g/mol. The van der Waals surface area contributed by atoms with Gasteiger partial charge in [-0.2, -0.15) is 0 Å². The van der Waals surface area contributed by atoms with E-state index in [0.29, 0.717) is 0 Å². The van der Waals surface area contributed by atoms with Crippen molar-refractivity contribution in [3.8, 4) is 0 Å². The third-order valence-corrected chi connectivity index (χ3v) is 2.55. The van der Waals surface area contributed by atoms with Gasteiger partial charge in [0.15, 0.2) is 0 Å². The van der Waals surface area contributed by atoms with Crippen LogP contribution in [0.5, 0.6) is 0 Å². The van der Waals surface area contributed by atoms with E-state index in [1.165, 1.54) is 28.5 Å². The summed E-state index contributed by atoms with van der Waals surface area (Å²) in [6.45, 7) is 8.20. The molecule has 1 heteroatoms. The molecule has 0 aliphatic carbocycles. The van der Waals surface area contributed by atoms with Gasteiger partial charge in [-0.25, -0.2) is 0 Å². The fraction of sp³-hybridized carbons (Fsp3) is 0.286. The summed E-state index contributed by atoms with van der Waals surface area (Å²) in [7, 11) is 0. The highest BCUT2D eigenvalue weighted by molar-refractivity contribution is 5.75. The van der Waals surface area contributed by atoms with Crippen molar-refractivity contribution in [3.05, 3.63) is 45.7 Å². The Morgan fingerprint density at radius 3 is 2.33 bits per heavy atom. The van der Waals surface area contributed by atoms with Crippen LogP contribution in [-0.4, -0.2) is 6.21 Å². The first-order valence-corrected chi connectivity index (χ1v) is 5.06. The minimum Gasteiger partial charge on any atom is -0.308 e. The largest absolute Gasteiger partial charge is 0.308 e. The first kappa shape index (κ1) is 11.5. The monoisotopic (exact) mass is 199 g/mol. The average molecular weight is 199 g/mol. The molecule has 0 atom stereocenters. The highest BCUT2D eigenvalue weighted by atomic mass is 14.3. The fourth-order valence-electron chi connectivity index (χ4n) is 1.37. The predicted octanol–water partition coefficient (Wildman–Crippen LogP) is 3.82. The van der Waals surface area contributed by atoms with Crippen molar-refractivity contribution in [3.63, 3.8) is 0 Å². The van der Waals surface area contributed by atoms with Crippen LogP contribution in [0.25, 0.3) is 6.08 Å². The Hall–Kier alpha value is -1.59. The number of rotatable bonds is 2. The zero-order valence-electron chi connectivity index (χ0n) is 9.81. The van der Waals surface area contributed by atoms with Gasteiger partial charge in [0, 0.05) is 11.8 Å². The maximum atomic E-state index is 7.06. The highest BCUT2D eigenvalue weighted by Gasteiger charge is 1.97. The van der Waals surface area contributed by atoms with Crippen molar-refractivity contribution in [2.24, 2.45) is 0 Å². The van der Waals surface area contributed by atoms with E-state index in [4.69, 9.17) is 5.41 Å². The highest BCUT2D eigenvalue weighted by Crippen LogP contribution is 2.16. The van der Waals surface area contributed by atoms with Crippen LogP contribution in [0.15, 0.2) is 23.4 Å². The van der Waals surface area contributed by atoms with Crippen molar-refractivity contribution in [1.82, 2.24) is 0 Å². The molecule has 0 saturated heterocycles. The molecule has 1 aromatic rings. The predicted molar refractivity (Wildman–Crippen MR) is 66.6 cm³/mol. The normalized spacial score (nSPS) is 9.33. The molecule has 0 spiro atoms. The molecule has 0 radical (unpaired) electrons. The average Bonchev–Trinajstić information content (AvgIpc) is 2.21. The molecule has 1 nitrogen and oxygen atoms in total. The Bertz CT molecular complexity index is 447. The van der Waals surface area contributed by atoms with E-state index in [1.54, 1.807) is 0 Å². The Morgan fingerprint density at radius 2 is 1.73 bits per heavy atom. The summed E-state index contributed by atoms with van der Waals surface area (Å²) in [6.07, 6.45) is 3.26. The number of aryl methyl sites for hydroxylation is 3. The third kappa shape index (κ3) is 2.93. The van der Waals surface area contributed by atoms with Crippen molar-refractivity contribution in [2.45, 2.75) is 27.7 Å². The van der Waals surface area contributed by atoms with E-state index in [-0.39, 0.29) is 0 Å². The molecule has 0 heterocycles. The lowest BCUT2D eigenvalue weighted by molar-refractivity contribution is 1.29. The maximum Gasteiger partial charge on any atom is 0.0284 e. The van der Waals surface area contributed by atoms with E-state index >= 15 is 0 Å². The summed E-state index contributed by atoms with van der Waals surface area (Å²) >= 11 is 0. The molecule has 0 amide bonds. The van der Waals surface area contributed by atoms with Crippen LogP contribution in [0, 0.1) is 26.2 Å². The Balaban J connectivity index is 3.22. The standard InChI is InChI=1S/C14H17N/c1-10(9-15)5-6-14-8-12(3)11(2)7-13(14)4/h6-9,15H,1-4H3. The molecule has 0 aromatic heterocycles. The molecule has 1 rings (SSSR count). The lowest BCUT2D eigenvalue weighted by atomic mass is 10.0. The molecule has 0 fully saturated rings. The summed E-state index contributed by atoms with van der Waals surface area (Å²) in [5.74, 6) is 0. The summed E-state index contributed by atoms with van der Waals surface area (Å²) in [5, 5.41) is 7.06. The number of hydrogen-bond donors (Lipinski definition) is 1. The van der Waals surface area contributed by atoms with Crippen LogP contribution in [-0.2, 0) is 0 Å². The van der Waals surface area contributed by atoms with Gasteiger partial charge in [0.05, 0.1) is 0 Å². The molecular formula is C14H17N. The van der Waals surface area contributed by atoms with Gasteiger partial charge in [-0.1, -0.05) is 12.1 Å². The zero-order chi connectivity index (χ0) is 11.4. The van der Waals surface area contributed by atoms with Gasteiger partial charge in [-0.3, -0.25) is 0 Å². The lowest BCUT2D eigenvalue weighted by Gasteiger charge is -2.05. The van der Waals surface area contributed by atoms with Crippen LogP contribution in [0.3, 0.4) is 0 Å². The van der Waals surface area contributed by atoms with Crippen molar-refractivity contribution in [1.29, 1.82) is 5.41 Å². The van der Waals surface area contributed by atoms with Gasteiger partial charge >= 0.3 is 0 Å². The Kier molecular flexibility index (Phi) is 3.65. The Labute approximate surface area is 91.7 Å². The molecule has 78 valence electrons. The SMILES string of the molecule is CC(=C=Cc1cc(C)c(C)cc1C)C=N. The van der Waals surface area contributed by atoms with Crippen molar-refractivity contribution in [2.75, 3.05) is 0 Å². The molecule has 0 aliphatic heterocycles. The van der Waals surface area contributed by atoms with Gasteiger partial charge in [-0.05, 0) is 56.0 Å².